The number of hydrogen-bond acceptors (Lipinski definition) is 7. The van der Waals surface area contributed by atoms with Gasteiger partial charge in [-0.2, -0.15) is 10.1 Å². The summed E-state index contributed by atoms with van der Waals surface area (Å²) in [5, 5.41) is 13.0. The van der Waals surface area contributed by atoms with Crippen molar-refractivity contribution in [2.75, 3.05) is 24.9 Å². The number of nitrogens with one attached hydrogen (secondary N) is 2. The van der Waals surface area contributed by atoms with Crippen molar-refractivity contribution >= 4 is 28.3 Å². The third kappa shape index (κ3) is 5.05. The summed E-state index contributed by atoms with van der Waals surface area (Å²) in [6.07, 6.45) is 1.47. The number of aromatic nitrogens is 3. The van der Waals surface area contributed by atoms with E-state index in [0.29, 0.717) is 41.0 Å². The van der Waals surface area contributed by atoms with Crippen molar-refractivity contribution in [3.05, 3.63) is 114 Å². The number of carbonyl (C=O) groups excluding carboxylic acids is 1. The summed E-state index contributed by atoms with van der Waals surface area (Å²) < 4.78 is 18.6. The van der Waals surface area contributed by atoms with Gasteiger partial charge in [-0.25, -0.2) is 4.68 Å². The zero-order chi connectivity index (χ0) is 28.3. The summed E-state index contributed by atoms with van der Waals surface area (Å²) in [6.45, 7) is 2.30. The molecule has 9 nitrogen and oxygen atoms in total. The van der Waals surface area contributed by atoms with Crippen LogP contribution in [-0.2, 0) is 11.4 Å². The molecule has 5 aromatic rings. The Bertz CT molecular complexity index is 1750. The number of anilines is 2. The topological polar surface area (TPSA) is 99.5 Å². The number of amides is 1. The lowest BCUT2D eigenvalue weighted by molar-refractivity contribution is -0.113. The van der Waals surface area contributed by atoms with Gasteiger partial charge in [0.2, 0.25) is 5.95 Å². The highest BCUT2D eigenvalue weighted by Gasteiger charge is 2.33. The van der Waals surface area contributed by atoms with E-state index in [1.165, 1.54) is 17.1 Å². The standard InChI is InChI=1S/C32H29N5O4/c1-20-29(31(38)36-27-16-15-25(39-2)17-28(27)40-3)30(37-32(35-20)33-19-34-37)22-11-13-24(14-12-22)41-18-23-9-6-8-21-7-4-5-10-26(21)23/h4-17,19,30H,18H2,1-3H3,(H,36,38)(H,33,34,35)/t30-/m1/s1. The van der Waals surface area contributed by atoms with Gasteiger partial charge in [-0.3, -0.25) is 4.79 Å². The second kappa shape index (κ2) is 11.1. The van der Waals surface area contributed by atoms with Crippen LogP contribution in [0.4, 0.5) is 11.6 Å². The fourth-order valence-electron chi connectivity index (χ4n) is 5.11. The van der Waals surface area contributed by atoms with Crippen molar-refractivity contribution in [2.24, 2.45) is 0 Å². The van der Waals surface area contributed by atoms with Gasteiger partial charge in [0.15, 0.2) is 0 Å². The summed E-state index contributed by atoms with van der Waals surface area (Å²) in [4.78, 5) is 18.1. The molecule has 0 spiro atoms. The van der Waals surface area contributed by atoms with Crippen LogP contribution in [0.15, 0.2) is 103 Å². The first-order chi connectivity index (χ1) is 20.1. The number of hydrogen-bond donors (Lipinski definition) is 2. The molecule has 1 aromatic heterocycles. The van der Waals surface area contributed by atoms with E-state index in [2.05, 4.69) is 45.0 Å². The van der Waals surface area contributed by atoms with E-state index in [1.54, 1.807) is 37.1 Å². The van der Waals surface area contributed by atoms with Gasteiger partial charge in [0.1, 0.15) is 36.2 Å². The first-order valence-electron chi connectivity index (χ1n) is 13.2. The molecule has 41 heavy (non-hydrogen) atoms. The number of carbonyl (C=O) groups is 1. The minimum Gasteiger partial charge on any atom is -0.497 e. The van der Waals surface area contributed by atoms with Gasteiger partial charge in [-0.15, -0.1) is 0 Å². The highest BCUT2D eigenvalue weighted by atomic mass is 16.5. The average molecular weight is 548 g/mol. The predicted molar refractivity (Wildman–Crippen MR) is 157 cm³/mol. The minimum absolute atomic E-state index is 0.291. The number of nitrogens with zero attached hydrogens (tertiary/aromatic N) is 3. The molecular formula is C32H29N5O4. The molecule has 1 atom stereocenters. The fraction of sp³-hybridized carbons (Fsp3) is 0.156. The van der Waals surface area contributed by atoms with Crippen LogP contribution in [0.25, 0.3) is 10.8 Å². The van der Waals surface area contributed by atoms with Gasteiger partial charge in [-0.05, 0) is 53.1 Å². The maximum atomic E-state index is 13.8. The second-order valence-corrected chi connectivity index (χ2v) is 9.61. The zero-order valence-corrected chi connectivity index (χ0v) is 22.9. The molecule has 1 aliphatic rings. The molecule has 2 heterocycles. The molecule has 0 saturated carbocycles. The first kappa shape index (κ1) is 25.9. The molecule has 9 heteroatoms. The lowest BCUT2D eigenvalue weighted by Gasteiger charge is -2.29. The van der Waals surface area contributed by atoms with Crippen molar-refractivity contribution < 1.29 is 19.0 Å². The van der Waals surface area contributed by atoms with Crippen LogP contribution in [0.2, 0.25) is 0 Å². The van der Waals surface area contributed by atoms with Gasteiger partial charge in [0.25, 0.3) is 5.91 Å². The van der Waals surface area contributed by atoms with Crippen LogP contribution in [0.5, 0.6) is 17.2 Å². The van der Waals surface area contributed by atoms with Gasteiger partial charge < -0.3 is 24.8 Å². The minimum atomic E-state index is -0.509. The third-order valence-corrected chi connectivity index (χ3v) is 7.17. The summed E-state index contributed by atoms with van der Waals surface area (Å²) in [5.74, 6) is 2.11. The Balaban J connectivity index is 1.27. The summed E-state index contributed by atoms with van der Waals surface area (Å²) in [6, 6.07) is 26.9. The molecule has 6 rings (SSSR count). The van der Waals surface area contributed by atoms with Crippen molar-refractivity contribution in [3.8, 4) is 17.2 Å². The van der Waals surface area contributed by atoms with Gasteiger partial charge in [0, 0.05) is 11.8 Å². The Hall–Kier alpha value is -5.31. The Morgan fingerprint density at radius 3 is 2.54 bits per heavy atom. The lowest BCUT2D eigenvalue weighted by Crippen LogP contribution is -2.31. The maximum Gasteiger partial charge on any atom is 0.255 e. The van der Waals surface area contributed by atoms with E-state index in [0.717, 1.165) is 16.9 Å². The third-order valence-electron chi connectivity index (χ3n) is 7.17. The molecule has 1 amide bonds. The highest BCUT2D eigenvalue weighted by molar-refractivity contribution is 6.06. The molecule has 0 aliphatic carbocycles. The van der Waals surface area contributed by atoms with Crippen LogP contribution >= 0.6 is 0 Å². The number of allylic oxidation sites excluding steroid dienone is 1. The highest BCUT2D eigenvalue weighted by Crippen LogP contribution is 2.37. The number of rotatable bonds is 8. The quantitative estimate of drug-likeness (QED) is 0.247. The number of benzene rings is 4. The molecule has 0 fully saturated rings. The molecule has 0 bridgehead atoms. The number of ether oxygens (including phenoxy) is 3. The van der Waals surface area contributed by atoms with E-state index < -0.39 is 6.04 Å². The molecule has 1 aliphatic heterocycles. The van der Waals surface area contributed by atoms with E-state index in [9.17, 15) is 4.79 Å². The fourth-order valence-corrected chi connectivity index (χ4v) is 5.11. The Morgan fingerprint density at radius 1 is 0.951 bits per heavy atom. The Kier molecular flexibility index (Phi) is 6.99. The van der Waals surface area contributed by atoms with Crippen LogP contribution in [0, 0.1) is 0 Å². The Morgan fingerprint density at radius 2 is 1.73 bits per heavy atom. The van der Waals surface area contributed by atoms with Crippen molar-refractivity contribution in [2.45, 2.75) is 19.6 Å². The number of fused-ring (bicyclic) bond motifs is 2. The molecular weight excluding hydrogens is 518 g/mol. The zero-order valence-electron chi connectivity index (χ0n) is 22.9. The van der Waals surface area contributed by atoms with Gasteiger partial charge >= 0.3 is 0 Å². The largest absolute Gasteiger partial charge is 0.497 e. The average Bonchev–Trinajstić information content (AvgIpc) is 3.47. The van der Waals surface area contributed by atoms with Crippen molar-refractivity contribution in [1.82, 2.24) is 14.8 Å². The second-order valence-electron chi connectivity index (χ2n) is 9.61. The van der Waals surface area contributed by atoms with E-state index >= 15 is 0 Å². The van der Waals surface area contributed by atoms with E-state index in [1.807, 2.05) is 49.4 Å². The van der Waals surface area contributed by atoms with Crippen molar-refractivity contribution in [3.63, 3.8) is 0 Å². The van der Waals surface area contributed by atoms with Crippen LogP contribution < -0.4 is 24.8 Å². The molecule has 0 saturated heterocycles. The van der Waals surface area contributed by atoms with Crippen molar-refractivity contribution in [1.29, 1.82) is 0 Å². The molecule has 206 valence electrons. The molecule has 0 unspecified atom stereocenters. The smallest absolute Gasteiger partial charge is 0.255 e. The molecule has 2 N–H and O–H groups in total. The van der Waals surface area contributed by atoms with Gasteiger partial charge in [0.05, 0.1) is 25.5 Å². The summed E-state index contributed by atoms with van der Waals surface area (Å²) >= 11 is 0. The number of methoxy groups -OCH3 is 2. The maximum absolute atomic E-state index is 13.8. The monoisotopic (exact) mass is 547 g/mol. The molecule has 4 aromatic carbocycles. The van der Waals surface area contributed by atoms with Gasteiger partial charge in [-0.1, -0.05) is 54.6 Å². The normalized spacial score (nSPS) is 14.3. The summed E-state index contributed by atoms with van der Waals surface area (Å²) in [7, 11) is 3.13. The van der Waals surface area contributed by atoms with Crippen LogP contribution in [-0.4, -0.2) is 34.9 Å². The summed E-state index contributed by atoms with van der Waals surface area (Å²) in [5.41, 5.74) is 3.69. The van der Waals surface area contributed by atoms with Crippen LogP contribution in [0.1, 0.15) is 24.1 Å². The van der Waals surface area contributed by atoms with E-state index in [4.69, 9.17) is 14.2 Å². The predicted octanol–water partition coefficient (Wildman–Crippen LogP) is 5.96. The Labute approximate surface area is 237 Å². The molecule has 0 radical (unpaired) electrons. The SMILES string of the molecule is COc1ccc(NC(=O)C2=C(C)Nc3ncnn3[C@@H]2c2ccc(OCc3cccc4ccccc34)cc2)c(OC)c1. The lowest BCUT2D eigenvalue weighted by atomic mass is 9.95. The first-order valence-corrected chi connectivity index (χ1v) is 13.2. The van der Waals surface area contributed by atoms with Crippen LogP contribution in [0.3, 0.4) is 0 Å². The van der Waals surface area contributed by atoms with E-state index in [-0.39, 0.29) is 5.91 Å².